The normalized spacial score (nSPS) is 14.8. The van der Waals surface area contributed by atoms with Crippen LogP contribution in [0.3, 0.4) is 0 Å². The van der Waals surface area contributed by atoms with Crippen LogP contribution in [0.4, 0.5) is 5.13 Å². The Balaban J connectivity index is 1.37. The van der Waals surface area contributed by atoms with E-state index in [2.05, 4.69) is 49.1 Å². The van der Waals surface area contributed by atoms with Crippen molar-refractivity contribution in [1.29, 1.82) is 0 Å². The molecule has 1 amide bonds. The molecule has 5 heteroatoms. The van der Waals surface area contributed by atoms with Gasteiger partial charge in [0.05, 0.1) is 10.2 Å². The number of hydrogen-bond donors (Lipinski definition) is 0. The summed E-state index contributed by atoms with van der Waals surface area (Å²) in [6.45, 7) is 7.70. The predicted molar refractivity (Wildman–Crippen MR) is 117 cm³/mol. The van der Waals surface area contributed by atoms with Crippen molar-refractivity contribution < 1.29 is 4.79 Å². The average molecular weight is 394 g/mol. The molecule has 4 rings (SSSR count). The van der Waals surface area contributed by atoms with E-state index in [1.165, 1.54) is 15.8 Å². The van der Waals surface area contributed by atoms with Gasteiger partial charge in [-0.2, -0.15) is 0 Å². The second-order valence-corrected chi connectivity index (χ2v) is 8.71. The molecule has 1 aliphatic rings. The fraction of sp³-hybridized carbons (Fsp3) is 0.391. The number of para-hydroxylation sites is 1. The molecule has 1 saturated heterocycles. The highest BCUT2D eigenvalue weighted by Gasteiger charge is 2.23. The Labute approximate surface area is 170 Å². The summed E-state index contributed by atoms with van der Waals surface area (Å²) >= 11 is 1.76. The van der Waals surface area contributed by atoms with Gasteiger partial charge in [0.25, 0.3) is 0 Å². The topological polar surface area (TPSA) is 36.4 Å². The van der Waals surface area contributed by atoms with Gasteiger partial charge in [0.15, 0.2) is 5.13 Å². The van der Waals surface area contributed by atoms with Crippen LogP contribution in [-0.4, -0.2) is 42.0 Å². The van der Waals surface area contributed by atoms with Gasteiger partial charge in [0, 0.05) is 32.6 Å². The Bertz CT molecular complexity index is 943. The minimum atomic E-state index is 0.259. The third-order valence-corrected chi connectivity index (χ3v) is 6.52. The Hall–Kier alpha value is -2.40. The van der Waals surface area contributed by atoms with Crippen molar-refractivity contribution in [2.75, 3.05) is 31.1 Å². The van der Waals surface area contributed by atoms with Crippen LogP contribution in [0.15, 0.2) is 48.5 Å². The molecular formula is C23H27N3OS. The lowest BCUT2D eigenvalue weighted by Crippen LogP contribution is -2.48. The summed E-state index contributed by atoms with van der Waals surface area (Å²) in [6, 6.07) is 16.7. The number of aryl methyl sites for hydroxylation is 1. The van der Waals surface area contributed by atoms with Gasteiger partial charge in [-0.1, -0.05) is 67.6 Å². The summed E-state index contributed by atoms with van der Waals surface area (Å²) < 4.78 is 1.25. The molecule has 3 aromatic rings. The minimum absolute atomic E-state index is 0.259. The molecule has 0 spiro atoms. The lowest BCUT2D eigenvalue weighted by Gasteiger charge is -2.34. The first-order valence-electron chi connectivity index (χ1n) is 10.1. The van der Waals surface area contributed by atoms with E-state index in [4.69, 9.17) is 4.98 Å². The summed E-state index contributed by atoms with van der Waals surface area (Å²) in [5, 5.41) is 1.08. The van der Waals surface area contributed by atoms with Crippen molar-refractivity contribution in [3.05, 3.63) is 59.7 Å². The summed E-state index contributed by atoms with van der Waals surface area (Å²) in [5.41, 5.74) is 3.68. The van der Waals surface area contributed by atoms with Crippen molar-refractivity contribution in [3.63, 3.8) is 0 Å². The molecule has 0 bridgehead atoms. The first kappa shape index (κ1) is 18.9. The number of fused-ring (bicyclic) bond motifs is 1. The highest BCUT2D eigenvalue weighted by Crippen LogP contribution is 2.33. The van der Waals surface area contributed by atoms with Crippen LogP contribution in [-0.2, 0) is 11.2 Å². The number of carbonyl (C=O) groups is 1. The van der Waals surface area contributed by atoms with Gasteiger partial charge < -0.3 is 9.80 Å². The molecule has 1 aromatic heterocycles. The maximum atomic E-state index is 12.6. The zero-order valence-corrected chi connectivity index (χ0v) is 17.4. The van der Waals surface area contributed by atoms with E-state index in [0.29, 0.717) is 12.3 Å². The molecule has 28 heavy (non-hydrogen) atoms. The molecule has 2 heterocycles. The molecule has 2 aromatic carbocycles. The van der Waals surface area contributed by atoms with Gasteiger partial charge in [0.2, 0.25) is 5.91 Å². The van der Waals surface area contributed by atoms with Gasteiger partial charge in [-0.3, -0.25) is 4.79 Å². The first-order valence-corrected chi connectivity index (χ1v) is 10.9. The Morgan fingerprint density at radius 2 is 1.79 bits per heavy atom. The lowest BCUT2D eigenvalue weighted by molar-refractivity contribution is -0.131. The second-order valence-electron chi connectivity index (χ2n) is 7.70. The van der Waals surface area contributed by atoms with E-state index in [1.807, 2.05) is 23.1 Å². The van der Waals surface area contributed by atoms with Crippen LogP contribution in [0.25, 0.3) is 10.2 Å². The Kier molecular flexibility index (Phi) is 5.62. The SMILES string of the molecule is CC(C)c1cccc2sc(N3CCN(C(=O)CCc4ccccc4)CC3)nc12. The van der Waals surface area contributed by atoms with E-state index in [1.54, 1.807) is 11.3 Å². The Morgan fingerprint density at radius 1 is 1.04 bits per heavy atom. The van der Waals surface area contributed by atoms with Crippen molar-refractivity contribution in [1.82, 2.24) is 9.88 Å². The zero-order chi connectivity index (χ0) is 19.5. The first-order chi connectivity index (χ1) is 13.6. The third-order valence-electron chi connectivity index (χ3n) is 5.43. The molecule has 0 saturated carbocycles. The van der Waals surface area contributed by atoms with Gasteiger partial charge in [-0.05, 0) is 29.5 Å². The number of carbonyl (C=O) groups excluding carboxylic acids is 1. The standard InChI is InChI=1S/C23H27N3OS/c1-17(2)19-9-6-10-20-22(19)24-23(28-20)26-15-13-25(14-16-26)21(27)12-11-18-7-4-3-5-8-18/h3-10,17H,11-16H2,1-2H3. The van der Waals surface area contributed by atoms with Crippen molar-refractivity contribution in [2.45, 2.75) is 32.6 Å². The summed E-state index contributed by atoms with van der Waals surface area (Å²) in [4.78, 5) is 21.8. The number of aromatic nitrogens is 1. The van der Waals surface area contributed by atoms with E-state index in [9.17, 15) is 4.79 Å². The summed E-state index contributed by atoms with van der Waals surface area (Å²) in [6.07, 6.45) is 1.40. The number of nitrogens with zero attached hydrogens (tertiary/aromatic N) is 3. The highest BCUT2D eigenvalue weighted by atomic mass is 32.1. The quantitative estimate of drug-likeness (QED) is 0.630. The molecule has 0 atom stereocenters. The van der Waals surface area contributed by atoms with Gasteiger partial charge in [-0.25, -0.2) is 4.98 Å². The maximum Gasteiger partial charge on any atom is 0.223 e. The molecular weight excluding hydrogens is 366 g/mol. The van der Waals surface area contributed by atoms with Crippen molar-refractivity contribution >= 4 is 32.6 Å². The van der Waals surface area contributed by atoms with Gasteiger partial charge in [0.1, 0.15) is 0 Å². The average Bonchev–Trinajstić information content (AvgIpc) is 3.17. The second kappa shape index (κ2) is 8.31. The molecule has 1 aliphatic heterocycles. The van der Waals surface area contributed by atoms with Crippen LogP contribution in [0.2, 0.25) is 0 Å². The number of rotatable bonds is 5. The molecule has 0 unspecified atom stereocenters. The number of amides is 1. The van der Waals surface area contributed by atoms with Crippen LogP contribution in [0.5, 0.6) is 0 Å². The number of anilines is 1. The number of benzene rings is 2. The van der Waals surface area contributed by atoms with E-state index in [-0.39, 0.29) is 5.91 Å². The van der Waals surface area contributed by atoms with E-state index < -0.39 is 0 Å². The molecule has 0 N–H and O–H groups in total. The molecule has 146 valence electrons. The van der Waals surface area contributed by atoms with Crippen molar-refractivity contribution in [2.24, 2.45) is 0 Å². The number of thiazole rings is 1. The lowest BCUT2D eigenvalue weighted by atomic mass is 10.0. The monoisotopic (exact) mass is 393 g/mol. The fourth-order valence-electron chi connectivity index (χ4n) is 3.76. The van der Waals surface area contributed by atoms with E-state index >= 15 is 0 Å². The molecule has 4 nitrogen and oxygen atoms in total. The predicted octanol–water partition coefficient (Wildman–Crippen LogP) is 4.70. The molecule has 0 aliphatic carbocycles. The summed E-state index contributed by atoms with van der Waals surface area (Å²) in [5.74, 6) is 0.729. The van der Waals surface area contributed by atoms with Crippen molar-refractivity contribution in [3.8, 4) is 0 Å². The minimum Gasteiger partial charge on any atom is -0.345 e. The number of hydrogen-bond acceptors (Lipinski definition) is 4. The molecule has 1 fully saturated rings. The van der Waals surface area contributed by atoms with Crippen LogP contribution in [0, 0.1) is 0 Å². The smallest absolute Gasteiger partial charge is 0.223 e. The summed E-state index contributed by atoms with van der Waals surface area (Å²) in [7, 11) is 0. The Morgan fingerprint density at radius 3 is 2.50 bits per heavy atom. The largest absolute Gasteiger partial charge is 0.345 e. The molecule has 0 radical (unpaired) electrons. The van der Waals surface area contributed by atoms with Crippen LogP contribution < -0.4 is 4.90 Å². The van der Waals surface area contributed by atoms with E-state index in [0.717, 1.165) is 43.2 Å². The maximum absolute atomic E-state index is 12.6. The van der Waals surface area contributed by atoms with Crippen LogP contribution in [0.1, 0.15) is 37.3 Å². The third kappa shape index (κ3) is 4.04. The highest BCUT2D eigenvalue weighted by molar-refractivity contribution is 7.22. The van der Waals surface area contributed by atoms with Crippen LogP contribution >= 0.6 is 11.3 Å². The fourth-order valence-corrected chi connectivity index (χ4v) is 4.81. The zero-order valence-electron chi connectivity index (χ0n) is 16.6. The van der Waals surface area contributed by atoms with Gasteiger partial charge in [-0.15, -0.1) is 0 Å². The van der Waals surface area contributed by atoms with Gasteiger partial charge >= 0.3 is 0 Å². The number of piperazine rings is 1.